The van der Waals surface area contributed by atoms with Crippen LogP contribution in [0.5, 0.6) is 0 Å². The topological polar surface area (TPSA) is 35.8 Å². The minimum atomic E-state index is -0.319. The monoisotopic (exact) mass is 202 g/mol. The summed E-state index contributed by atoms with van der Waals surface area (Å²) in [6.45, 7) is 6.69. The van der Waals surface area contributed by atoms with Crippen molar-refractivity contribution in [2.75, 3.05) is 11.9 Å². The molecule has 0 aromatic heterocycles. The molecule has 0 spiro atoms. The number of nitrogens with one attached hydrogen (secondary N) is 1. The molecule has 1 aromatic carbocycles. The van der Waals surface area contributed by atoms with Crippen LogP contribution in [0.1, 0.15) is 26.3 Å². The number of aryl methyl sites for hydroxylation is 1. The molecule has 1 rings (SSSR count). The third-order valence-corrected chi connectivity index (χ3v) is 2.42. The molecule has 1 N–H and O–H groups in total. The summed E-state index contributed by atoms with van der Waals surface area (Å²) in [5.74, 6) is 0. The summed E-state index contributed by atoms with van der Waals surface area (Å²) >= 11 is 0. The number of para-hydroxylation sites is 1. The summed E-state index contributed by atoms with van der Waals surface area (Å²) in [6, 6.07) is 10.5. The van der Waals surface area contributed by atoms with Crippen LogP contribution in [-0.4, -0.2) is 6.54 Å². The van der Waals surface area contributed by atoms with Crippen molar-refractivity contribution in [1.82, 2.24) is 0 Å². The second kappa shape index (κ2) is 4.84. The molecule has 0 saturated carbocycles. The number of nitriles is 1. The van der Waals surface area contributed by atoms with Crippen molar-refractivity contribution in [2.24, 2.45) is 5.41 Å². The average Bonchev–Trinajstić information content (AvgIpc) is 2.27. The van der Waals surface area contributed by atoms with Crippen LogP contribution in [-0.2, 0) is 6.42 Å². The van der Waals surface area contributed by atoms with Crippen molar-refractivity contribution in [2.45, 2.75) is 27.2 Å². The molecule has 2 heteroatoms. The second-order valence-corrected chi connectivity index (χ2v) is 4.36. The van der Waals surface area contributed by atoms with Gasteiger partial charge in [0.15, 0.2) is 0 Å². The minimum Gasteiger partial charge on any atom is -0.383 e. The van der Waals surface area contributed by atoms with Gasteiger partial charge in [-0.2, -0.15) is 5.26 Å². The zero-order chi connectivity index (χ0) is 11.3. The van der Waals surface area contributed by atoms with E-state index in [0.29, 0.717) is 6.54 Å². The van der Waals surface area contributed by atoms with Gasteiger partial charge < -0.3 is 5.32 Å². The highest BCUT2D eigenvalue weighted by atomic mass is 14.9. The van der Waals surface area contributed by atoms with E-state index >= 15 is 0 Å². The Hall–Kier alpha value is -1.49. The Bertz CT molecular complexity index is 361. The fourth-order valence-corrected chi connectivity index (χ4v) is 1.36. The van der Waals surface area contributed by atoms with Crippen molar-refractivity contribution in [3.8, 4) is 6.07 Å². The van der Waals surface area contributed by atoms with E-state index in [2.05, 4.69) is 30.4 Å². The van der Waals surface area contributed by atoms with E-state index in [0.717, 1.165) is 12.1 Å². The van der Waals surface area contributed by atoms with Crippen LogP contribution in [0.15, 0.2) is 24.3 Å². The van der Waals surface area contributed by atoms with Gasteiger partial charge in [-0.3, -0.25) is 0 Å². The van der Waals surface area contributed by atoms with Crippen molar-refractivity contribution in [1.29, 1.82) is 5.26 Å². The Morgan fingerprint density at radius 3 is 2.60 bits per heavy atom. The smallest absolute Gasteiger partial charge is 0.0702 e. The maximum absolute atomic E-state index is 8.91. The molecule has 1 aromatic rings. The van der Waals surface area contributed by atoms with E-state index in [-0.39, 0.29) is 5.41 Å². The van der Waals surface area contributed by atoms with Gasteiger partial charge in [-0.25, -0.2) is 0 Å². The first-order valence-corrected chi connectivity index (χ1v) is 5.32. The predicted molar refractivity (Wildman–Crippen MR) is 63.7 cm³/mol. The highest BCUT2D eigenvalue weighted by Gasteiger charge is 2.16. The van der Waals surface area contributed by atoms with Crippen LogP contribution in [0, 0.1) is 16.7 Å². The van der Waals surface area contributed by atoms with E-state index in [1.54, 1.807) is 0 Å². The van der Waals surface area contributed by atoms with Gasteiger partial charge in [0.1, 0.15) is 0 Å². The quantitative estimate of drug-likeness (QED) is 0.813. The largest absolute Gasteiger partial charge is 0.383 e. The van der Waals surface area contributed by atoms with Gasteiger partial charge in [-0.1, -0.05) is 25.1 Å². The first-order chi connectivity index (χ1) is 7.09. The maximum atomic E-state index is 8.91. The van der Waals surface area contributed by atoms with Gasteiger partial charge in [-0.15, -0.1) is 0 Å². The Kier molecular flexibility index (Phi) is 3.74. The lowest BCUT2D eigenvalue weighted by atomic mass is 9.95. The molecular weight excluding hydrogens is 184 g/mol. The highest BCUT2D eigenvalue weighted by molar-refractivity contribution is 5.51. The molecule has 0 saturated heterocycles. The molecule has 0 unspecified atom stereocenters. The molecule has 0 radical (unpaired) electrons. The Morgan fingerprint density at radius 1 is 1.33 bits per heavy atom. The number of hydrogen-bond acceptors (Lipinski definition) is 2. The predicted octanol–water partition coefficient (Wildman–Crippen LogP) is 3.21. The summed E-state index contributed by atoms with van der Waals surface area (Å²) in [5.41, 5.74) is 2.12. The summed E-state index contributed by atoms with van der Waals surface area (Å²) in [7, 11) is 0. The van der Waals surface area contributed by atoms with E-state index < -0.39 is 0 Å². The number of nitrogens with zero attached hydrogens (tertiary/aromatic N) is 1. The average molecular weight is 202 g/mol. The number of rotatable bonds is 4. The first-order valence-electron chi connectivity index (χ1n) is 5.32. The molecule has 0 aliphatic heterocycles. The molecule has 15 heavy (non-hydrogen) atoms. The van der Waals surface area contributed by atoms with E-state index in [1.807, 2.05) is 26.0 Å². The summed E-state index contributed by atoms with van der Waals surface area (Å²) in [6.07, 6.45) is 1.01. The molecule has 0 bridgehead atoms. The van der Waals surface area contributed by atoms with Gasteiger partial charge in [0.25, 0.3) is 0 Å². The SMILES string of the molecule is CCc1ccccc1NCC(C)(C)C#N. The van der Waals surface area contributed by atoms with E-state index in [9.17, 15) is 0 Å². The summed E-state index contributed by atoms with van der Waals surface area (Å²) in [5, 5.41) is 12.2. The third kappa shape index (κ3) is 3.28. The zero-order valence-corrected chi connectivity index (χ0v) is 9.67. The minimum absolute atomic E-state index is 0.319. The van der Waals surface area contributed by atoms with Crippen LogP contribution in [0.3, 0.4) is 0 Å². The lowest BCUT2D eigenvalue weighted by Gasteiger charge is -2.18. The maximum Gasteiger partial charge on any atom is 0.0702 e. The van der Waals surface area contributed by atoms with Crippen molar-refractivity contribution < 1.29 is 0 Å². The molecular formula is C13H18N2. The van der Waals surface area contributed by atoms with Crippen molar-refractivity contribution in [3.63, 3.8) is 0 Å². The number of anilines is 1. The fourth-order valence-electron chi connectivity index (χ4n) is 1.36. The van der Waals surface area contributed by atoms with Gasteiger partial charge in [0.05, 0.1) is 11.5 Å². The van der Waals surface area contributed by atoms with Crippen molar-refractivity contribution in [3.05, 3.63) is 29.8 Å². The fraction of sp³-hybridized carbons (Fsp3) is 0.462. The molecule has 0 aliphatic rings. The van der Waals surface area contributed by atoms with Gasteiger partial charge in [0, 0.05) is 12.2 Å². The third-order valence-electron chi connectivity index (χ3n) is 2.42. The van der Waals surface area contributed by atoms with Crippen LogP contribution in [0.2, 0.25) is 0 Å². The summed E-state index contributed by atoms with van der Waals surface area (Å²) < 4.78 is 0. The molecule has 0 amide bonds. The van der Waals surface area contributed by atoms with Gasteiger partial charge >= 0.3 is 0 Å². The lowest BCUT2D eigenvalue weighted by molar-refractivity contribution is 0.528. The Balaban J connectivity index is 2.70. The number of hydrogen-bond donors (Lipinski definition) is 1. The molecule has 0 atom stereocenters. The van der Waals surface area contributed by atoms with E-state index in [1.165, 1.54) is 5.56 Å². The second-order valence-electron chi connectivity index (χ2n) is 4.36. The molecule has 0 aliphatic carbocycles. The molecule has 0 fully saturated rings. The molecule has 80 valence electrons. The normalized spacial score (nSPS) is 10.8. The number of benzene rings is 1. The van der Waals surface area contributed by atoms with Crippen LogP contribution in [0.25, 0.3) is 0 Å². The summed E-state index contributed by atoms with van der Waals surface area (Å²) in [4.78, 5) is 0. The molecule has 0 heterocycles. The standard InChI is InChI=1S/C13H18N2/c1-4-11-7-5-6-8-12(11)15-10-13(2,3)9-14/h5-8,15H,4,10H2,1-3H3. The van der Waals surface area contributed by atoms with Crippen molar-refractivity contribution >= 4 is 5.69 Å². The van der Waals surface area contributed by atoms with E-state index in [4.69, 9.17) is 5.26 Å². The van der Waals surface area contributed by atoms with Gasteiger partial charge in [0.2, 0.25) is 0 Å². The van der Waals surface area contributed by atoms with Crippen LogP contribution in [0.4, 0.5) is 5.69 Å². The molecule has 2 nitrogen and oxygen atoms in total. The zero-order valence-electron chi connectivity index (χ0n) is 9.67. The lowest BCUT2D eigenvalue weighted by Crippen LogP contribution is -2.21. The van der Waals surface area contributed by atoms with Crippen LogP contribution < -0.4 is 5.32 Å². The van der Waals surface area contributed by atoms with Gasteiger partial charge in [-0.05, 0) is 31.9 Å². The highest BCUT2D eigenvalue weighted by Crippen LogP contribution is 2.19. The Labute approximate surface area is 91.9 Å². The first kappa shape index (κ1) is 11.6. The van der Waals surface area contributed by atoms with Crippen LogP contribution >= 0.6 is 0 Å². The Morgan fingerprint density at radius 2 is 2.00 bits per heavy atom.